The lowest BCUT2D eigenvalue weighted by atomic mass is 10.2. The lowest BCUT2D eigenvalue weighted by Gasteiger charge is -2.07. The summed E-state index contributed by atoms with van der Waals surface area (Å²) in [5.41, 5.74) is 7.98. The third kappa shape index (κ3) is 6.24. The number of hydrogen-bond donors (Lipinski definition) is 1. The van der Waals surface area contributed by atoms with E-state index in [1.54, 1.807) is 0 Å². The number of nitrogens with two attached hydrogens (primary N) is 1. The van der Waals surface area contributed by atoms with Gasteiger partial charge in [-0.15, -0.1) is 0 Å². The molecule has 0 amide bonds. The summed E-state index contributed by atoms with van der Waals surface area (Å²) >= 11 is 1.49. The van der Waals surface area contributed by atoms with E-state index in [0.29, 0.717) is 18.4 Å². The van der Waals surface area contributed by atoms with Crippen molar-refractivity contribution in [3.8, 4) is 11.5 Å². The Kier molecular flexibility index (Phi) is 6.81. The third-order valence-electron chi connectivity index (χ3n) is 2.98. The minimum absolute atomic E-state index is 0.547. The molecule has 0 saturated carbocycles. The SMILES string of the molecule is CCOc1ccc(OCCSC(N)=Nc2cccc(C)c2)cc1. The first kappa shape index (κ1) is 17.2. The summed E-state index contributed by atoms with van der Waals surface area (Å²) in [6, 6.07) is 15.6. The van der Waals surface area contributed by atoms with Gasteiger partial charge in [0, 0.05) is 5.75 Å². The summed E-state index contributed by atoms with van der Waals surface area (Å²) in [4.78, 5) is 4.38. The van der Waals surface area contributed by atoms with Crippen molar-refractivity contribution < 1.29 is 9.47 Å². The first-order valence-electron chi connectivity index (χ1n) is 7.56. The Hall–Kier alpha value is -2.14. The topological polar surface area (TPSA) is 56.8 Å². The van der Waals surface area contributed by atoms with Crippen LogP contribution in [0.15, 0.2) is 53.5 Å². The minimum Gasteiger partial charge on any atom is -0.494 e. The number of thioether (sulfide) groups is 1. The molecule has 0 fully saturated rings. The summed E-state index contributed by atoms with van der Waals surface area (Å²) in [6.45, 7) is 5.23. The lowest BCUT2D eigenvalue weighted by Crippen LogP contribution is -2.10. The van der Waals surface area contributed by atoms with Crippen molar-refractivity contribution in [1.82, 2.24) is 0 Å². The zero-order valence-electron chi connectivity index (χ0n) is 13.5. The molecule has 0 aliphatic heterocycles. The van der Waals surface area contributed by atoms with Crippen molar-refractivity contribution in [1.29, 1.82) is 0 Å². The lowest BCUT2D eigenvalue weighted by molar-refractivity contribution is 0.332. The van der Waals surface area contributed by atoms with Gasteiger partial charge in [-0.1, -0.05) is 23.9 Å². The van der Waals surface area contributed by atoms with Gasteiger partial charge in [-0.25, -0.2) is 4.99 Å². The Labute approximate surface area is 141 Å². The fourth-order valence-corrected chi connectivity index (χ4v) is 2.51. The van der Waals surface area contributed by atoms with E-state index in [0.717, 1.165) is 22.9 Å². The van der Waals surface area contributed by atoms with Gasteiger partial charge in [0.1, 0.15) is 11.5 Å². The quantitative estimate of drug-likeness (QED) is 0.471. The molecule has 0 radical (unpaired) electrons. The van der Waals surface area contributed by atoms with E-state index in [2.05, 4.69) is 4.99 Å². The first-order valence-corrected chi connectivity index (χ1v) is 8.55. The molecule has 0 aliphatic rings. The molecule has 2 rings (SSSR count). The molecule has 23 heavy (non-hydrogen) atoms. The molecule has 122 valence electrons. The monoisotopic (exact) mass is 330 g/mol. The molecule has 0 aliphatic carbocycles. The van der Waals surface area contributed by atoms with Gasteiger partial charge in [-0.05, 0) is 55.8 Å². The van der Waals surface area contributed by atoms with E-state index in [-0.39, 0.29) is 0 Å². The van der Waals surface area contributed by atoms with Gasteiger partial charge in [0.25, 0.3) is 0 Å². The normalized spacial score (nSPS) is 11.3. The highest BCUT2D eigenvalue weighted by Crippen LogP contribution is 2.18. The van der Waals surface area contributed by atoms with Crippen molar-refractivity contribution >= 4 is 22.6 Å². The van der Waals surface area contributed by atoms with Crippen molar-refractivity contribution in [3.63, 3.8) is 0 Å². The van der Waals surface area contributed by atoms with Crippen LogP contribution in [0.4, 0.5) is 5.69 Å². The summed E-state index contributed by atoms with van der Waals surface area (Å²) in [6.07, 6.45) is 0. The standard InChI is InChI=1S/C18H22N2O2S/c1-3-21-16-7-9-17(10-8-16)22-11-12-23-18(19)20-15-6-4-5-14(2)13-15/h4-10,13H,3,11-12H2,1-2H3,(H2,19,20). The summed E-state index contributed by atoms with van der Waals surface area (Å²) in [5.74, 6) is 2.42. The Morgan fingerprint density at radius 2 is 1.78 bits per heavy atom. The van der Waals surface area contributed by atoms with Crippen LogP contribution in [0.25, 0.3) is 0 Å². The van der Waals surface area contributed by atoms with Gasteiger partial charge < -0.3 is 15.2 Å². The van der Waals surface area contributed by atoms with Gasteiger partial charge in [0.15, 0.2) is 5.17 Å². The highest BCUT2D eigenvalue weighted by molar-refractivity contribution is 8.13. The van der Waals surface area contributed by atoms with Crippen LogP contribution < -0.4 is 15.2 Å². The third-order valence-corrected chi connectivity index (χ3v) is 3.74. The molecule has 0 heterocycles. The molecule has 5 heteroatoms. The van der Waals surface area contributed by atoms with Crippen LogP contribution in [0.3, 0.4) is 0 Å². The molecule has 2 aromatic carbocycles. The zero-order chi connectivity index (χ0) is 16.5. The van der Waals surface area contributed by atoms with E-state index in [1.165, 1.54) is 17.3 Å². The van der Waals surface area contributed by atoms with Crippen LogP contribution in [-0.4, -0.2) is 24.1 Å². The van der Waals surface area contributed by atoms with Crippen molar-refractivity contribution in [2.45, 2.75) is 13.8 Å². The highest BCUT2D eigenvalue weighted by Gasteiger charge is 1.99. The van der Waals surface area contributed by atoms with Gasteiger partial charge in [0.05, 0.1) is 18.9 Å². The number of ether oxygens (including phenoxy) is 2. The number of benzene rings is 2. The summed E-state index contributed by atoms with van der Waals surface area (Å²) < 4.78 is 11.1. The van der Waals surface area contributed by atoms with Crippen LogP contribution in [0.2, 0.25) is 0 Å². The predicted octanol–water partition coefficient (Wildman–Crippen LogP) is 4.15. The molecule has 2 N–H and O–H groups in total. The Morgan fingerprint density at radius 3 is 2.43 bits per heavy atom. The van der Waals surface area contributed by atoms with Crippen LogP contribution in [0.1, 0.15) is 12.5 Å². The molecule has 0 saturated heterocycles. The maximum Gasteiger partial charge on any atom is 0.159 e. The van der Waals surface area contributed by atoms with E-state index in [4.69, 9.17) is 15.2 Å². The Morgan fingerprint density at radius 1 is 1.09 bits per heavy atom. The van der Waals surface area contributed by atoms with Gasteiger partial charge in [-0.2, -0.15) is 0 Å². The van der Waals surface area contributed by atoms with Crippen molar-refractivity contribution in [3.05, 3.63) is 54.1 Å². The molecular formula is C18H22N2O2S. The molecular weight excluding hydrogens is 308 g/mol. The van der Waals surface area contributed by atoms with E-state index >= 15 is 0 Å². The van der Waals surface area contributed by atoms with Gasteiger partial charge >= 0.3 is 0 Å². The number of aliphatic imine (C=N–C) groups is 1. The highest BCUT2D eigenvalue weighted by atomic mass is 32.2. The first-order chi connectivity index (χ1) is 11.2. The Balaban J connectivity index is 1.74. The van der Waals surface area contributed by atoms with Crippen molar-refractivity contribution in [2.75, 3.05) is 19.0 Å². The van der Waals surface area contributed by atoms with Crippen LogP contribution in [-0.2, 0) is 0 Å². The molecule has 0 bridgehead atoms. The molecule has 0 atom stereocenters. The summed E-state index contributed by atoms with van der Waals surface area (Å²) in [5, 5.41) is 0.547. The van der Waals surface area contributed by atoms with E-state index in [1.807, 2.05) is 62.4 Å². The summed E-state index contributed by atoms with van der Waals surface area (Å²) in [7, 11) is 0. The molecule has 4 nitrogen and oxygen atoms in total. The second-order valence-electron chi connectivity index (χ2n) is 4.89. The number of aryl methyl sites for hydroxylation is 1. The van der Waals surface area contributed by atoms with Crippen LogP contribution in [0.5, 0.6) is 11.5 Å². The van der Waals surface area contributed by atoms with Crippen LogP contribution >= 0.6 is 11.8 Å². The average molecular weight is 330 g/mol. The zero-order valence-corrected chi connectivity index (χ0v) is 14.3. The second kappa shape index (κ2) is 9.10. The predicted molar refractivity (Wildman–Crippen MR) is 98.0 cm³/mol. The maximum atomic E-state index is 5.93. The maximum absolute atomic E-state index is 5.93. The smallest absolute Gasteiger partial charge is 0.159 e. The van der Waals surface area contributed by atoms with E-state index in [9.17, 15) is 0 Å². The fourth-order valence-electron chi connectivity index (χ4n) is 1.96. The number of nitrogens with zero attached hydrogens (tertiary/aromatic N) is 1. The van der Waals surface area contributed by atoms with Gasteiger partial charge in [-0.3, -0.25) is 0 Å². The van der Waals surface area contributed by atoms with Crippen molar-refractivity contribution in [2.24, 2.45) is 10.7 Å². The molecule has 0 spiro atoms. The largest absolute Gasteiger partial charge is 0.494 e. The number of rotatable bonds is 7. The molecule has 0 unspecified atom stereocenters. The molecule has 2 aromatic rings. The van der Waals surface area contributed by atoms with Crippen LogP contribution in [0, 0.1) is 6.92 Å². The number of amidine groups is 1. The fraction of sp³-hybridized carbons (Fsp3) is 0.278. The van der Waals surface area contributed by atoms with E-state index < -0.39 is 0 Å². The van der Waals surface area contributed by atoms with Gasteiger partial charge in [0.2, 0.25) is 0 Å². The Bertz CT molecular complexity index is 642. The molecule has 0 aromatic heterocycles. The average Bonchev–Trinajstić information content (AvgIpc) is 2.53. The minimum atomic E-state index is 0.547. The second-order valence-corrected chi connectivity index (χ2v) is 6.01. The number of hydrogen-bond acceptors (Lipinski definition) is 4.